The molecule has 0 radical (unpaired) electrons. The van der Waals surface area contributed by atoms with Gasteiger partial charge in [-0.1, -0.05) is 47.7 Å². The maximum atomic E-state index is 5.81. The highest BCUT2D eigenvalue weighted by Crippen LogP contribution is 2.23. The minimum Gasteiger partial charge on any atom is -0.399 e. The second kappa shape index (κ2) is 5.00. The lowest BCUT2D eigenvalue weighted by molar-refractivity contribution is 0.804. The van der Waals surface area contributed by atoms with Crippen molar-refractivity contribution >= 4 is 16.5 Å². The Morgan fingerprint density at radius 3 is 2.55 bits per heavy atom. The Morgan fingerprint density at radius 1 is 0.818 bits per heavy atom. The van der Waals surface area contributed by atoms with Gasteiger partial charge in [0.1, 0.15) is 5.69 Å². The van der Waals surface area contributed by atoms with Gasteiger partial charge in [-0.05, 0) is 35.0 Å². The summed E-state index contributed by atoms with van der Waals surface area (Å²) in [6, 6.07) is 22.2. The van der Waals surface area contributed by atoms with Gasteiger partial charge in [-0.3, -0.25) is 0 Å². The number of hydrogen-bond acceptors (Lipinski definition) is 3. The van der Waals surface area contributed by atoms with Crippen LogP contribution in [0.1, 0.15) is 0 Å². The molecule has 4 nitrogen and oxygen atoms in total. The molecule has 1 aromatic heterocycles. The summed E-state index contributed by atoms with van der Waals surface area (Å²) >= 11 is 0. The minimum atomic E-state index is 0.709. The third-order valence-electron chi connectivity index (χ3n) is 3.67. The van der Waals surface area contributed by atoms with Crippen LogP contribution >= 0.6 is 0 Å². The van der Waals surface area contributed by atoms with E-state index >= 15 is 0 Å². The minimum absolute atomic E-state index is 0.709. The smallest absolute Gasteiger partial charge is 0.113 e. The number of aromatic nitrogens is 3. The van der Waals surface area contributed by atoms with Gasteiger partial charge in [0.05, 0.1) is 11.9 Å². The quantitative estimate of drug-likeness (QED) is 0.572. The predicted octanol–water partition coefficient (Wildman–Crippen LogP) is 3.67. The summed E-state index contributed by atoms with van der Waals surface area (Å²) < 4.78 is 1.74. The van der Waals surface area contributed by atoms with E-state index < -0.39 is 0 Å². The second-order valence-corrected chi connectivity index (χ2v) is 5.21. The largest absolute Gasteiger partial charge is 0.399 e. The third kappa shape index (κ3) is 2.20. The lowest BCUT2D eigenvalue weighted by atomic mass is 10.1. The number of fused-ring (bicyclic) bond motifs is 1. The van der Waals surface area contributed by atoms with Crippen molar-refractivity contribution in [2.45, 2.75) is 0 Å². The Bertz CT molecular complexity index is 956. The highest BCUT2D eigenvalue weighted by molar-refractivity contribution is 5.86. The molecule has 4 aromatic rings. The molecule has 22 heavy (non-hydrogen) atoms. The van der Waals surface area contributed by atoms with Crippen LogP contribution in [0.25, 0.3) is 27.7 Å². The van der Waals surface area contributed by atoms with Crippen molar-refractivity contribution in [3.05, 3.63) is 72.9 Å². The Hall–Kier alpha value is -3.14. The number of nitrogens with zero attached hydrogens (tertiary/aromatic N) is 3. The first-order valence-corrected chi connectivity index (χ1v) is 7.07. The number of rotatable bonds is 2. The summed E-state index contributed by atoms with van der Waals surface area (Å²) in [5.41, 5.74) is 9.32. The van der Waals surface area contributed by atoms with E-state index in [9.17, 15) is 0 Å². The molecule has 4 heteroatoms. The lowest BCUT2D eigenvalue weighted by Crippen LogP contribution is -1.95. The standard InChI is InChI=1S/C18H14N4/c19-16-6-3-7-17(11-16)22-12-18(20-21-22)15-9-8-13-4-1-2-5-14(13)10-15/h1-12H,19H2. The second-order valence-electron chi connectivity index (χ2n) is 5.21. The van der Waals surface area contributed by atoms with Crippen molar-refractivity contribution in [2.24, 2.45) is 0 Å². The highest BCUT2D eigenvalue weighted by atomic mass is 15.4. The first-order valence-electron chi connectivity index (χ1n) is 7.07. The average molecular weight is 286 g/mol. The number of anilines is 1. The van der Waals surface area contributed by atoms with Gasteiger partial charge in [0.25, 0.3) is 0 Å². The highest BCUT2D eigenvalue weighted by Gasteiger charge is 2.06. The molecule has 3 aromatic carbocycles. The van der Waals surface area contributed by atoms with Crippen molar-refractivity contribution in [1.82, 2.24) is 15.0 Å². The monoisotopic (exact) mass is 286 g/mol. The molecule has 0 saturated heterocycles. The van der Waals surface area contributed by atoms with Crippen LogP contribution in [-0.2, 0) is 0 Å². The molecule has 0 aliphatic carbocycles. The van der Waals surface area contributed by atoms with Crippen molar-refractivity contribution in [1.29, 1.82) is 0 Å². The molecule has 106 valence electrons. The van der Waals surface area contributed by atoms with Crippen LogP contribution in [0.5, 0.6) is 0 Å². The zero-order chi connectivity index (χ0) is 14.9. The Morgan fingerprint density at radius 2 is 1.68 bits per heavy atom. The molecule has 0 bridgehead atoms. The molecule has 0 aliphatic heterocycles. The molecule has 4 rings (SSSR count). The summed E-state index contributed by atoms with van der Waals surface area (Å²) in [5, 5.41) is 10.9. The summed E-state index contributed by atoms with van der Waals surface area (Å²) in [6.45, 7) is 0. The average Bonchev–Trinajstić information content (AvgIpc) is 3.04. The van der Waals surface area contributed by atoms with Crippen LogP contribution in [0.4, 0.5) is 5.69 Å². The summed E-state index contributed by atoms with van der Waals surface area (Å²) in [7, 11) is 0. The van der Waals surface area contributed by atoms with Crippen LogP contribution in [0, 0.1) is 0 Å². The Kier molecular flexibility index (Phi) is 2.86. The van der Waals surface area contributed by atoms with Crippen molar-refractivity contribution < 1.29 is 0 Å². The summed E-state index contributed by atoms with van der Waals surface area (Å²) in [4.78, 5) is 0. The number of benzene rings is 3. The lowest BCUT2D eigenvalue weighted by Gasteiger charge is -2.01. The fourth-order valence-corrected chi connectivity index (χ4v) is 2.54. The van der Waals surface area contributed by atoms with E-state index in [1.165, 1.54) is 10.8 Å². The maximum Gasteiger partial charge on any atom is 0.113 e. The fourth-order valence-electron chi connectivity index (χ4n) is 2.54. The molecule has 0 atom stereocenters. The molecular weight excluding hydrogens is 272 g/mol. The first-order chi connectivity index (χ1) is 10.8. The molecule has 0 aliphatic rings. The summed E-state index contributed by atoms with van der Waals surface area (Å²) in [6.07, 6.45) is 1.92. The van der Waals surface area contributed by atoms with Gasteiger partial charge >= 0.3 is 0 Å². The van der Waals surface area contributed by atoms with Gasteiger partial charge < -0.3 is 5.73 Å². The maximum absolute atomic E-state index is 5.81. The van der Waals surface area contributed by atoms with Gasteiger partial charge in [-0.25, -0.2) is 4.68 Å². The van der Waals surface area contributed by atoms with Crippen LogP contribution in [-0.4, -0.2) is 15.0 Å². The van der Waals surface area contributed by atoms with Crippen molar-refractivity contribution in [2.75, 3.05) is 5.73 Å². The molecular formula is C18H14N4. The zero-order valence-corrected chi connectivity index (χ0v) is 11.8. The molecule has 0 amide bonds. The van der Waals surface area contributed by atoms with Crippen LogP contribution in [0.2, 0.25) is 0 Å². The Labute approximate surface area is 127 Å². The van der Waals surface area contributed by atoms with Crippen LogP contribution < -0.4 is 5.73 Å². The van der Waals surface area contributed by atoms with Gasteiger partial charge in [0.2, 0.25) is 0 Å². The van der Waals surface area contributed by atoms with Crippen molar-refractivity contribution in [3.63, 3.8) is 0 Å². The van der Waals surface area contributed by atoms with E-state index in [1.807, 2.05) is 42.6 Å². The van der Waals surface area contributed by atoms with Gasteiger partial charge in [0.15, 0.2) is 0 Å². The van der Waals surface area contributed by atoms with E-state index in [-0.39, 0.29) is 0 Å². The molecule has 0 fully saturated rings. The van der Waals surface area contributed by atoms with E-state index in [2.05, 4.69) is 40.6 Å². The van der Waals surface area contributed by atoms with E-state index in [4.69, 9.17) is 5.73 Å². The molecule has 2 N–H and O–H groups in total. The predicted molar refractivity (Wildman–Crippen MR) is 88.7 cm³/mol. The number of hydrogen-bond donors (Lipinski definition) is 1. The zero-order valence-electron chi connectivity index (χ0n) is 11.8. The van der Waals surface area contributed by atoms with Crippen LogP contribution in [0.15, 0.2) is 72.9 Å². The normalized spacial score (nSPS) is 10.9. The summed E-state index contributed by atoms with van der Waals surface area (Å²) in [5.74, 6) is 0. The first kappa shape index (κ1) is 12.6. The van der Waals surface area contributed by atoms with Gasteiger partial charge in [-0.15, -0.1) is 5.10 Å². The van der Waals surface area contributed by atoms with E-state index in [0.29, 0.717) is 5.69 Å². The number of nitrogens with two attached hydrogens (primary N) is 1. The van der Waals surface area contributed by atoms with Gasteiger partial charge in [-0.2, -0.15) is 0 Å². The Balaban J connectivity index is 1.76. The number of nitrogen functional groups attached to an aromatic ring is 1. The third-order valence-corrected chi connectivity index (χ3v) is 3.67. The molecule has 0 saturated carbocycles. The van der Waals surface area contributed by atoms with E-state index in [0.717, 1.165) is 16.9 Å². The molecule has 1 heterocycles. The SMILES string of the molecule is Nc1cccc(-n2cc(-c3ccc4ccccc4c3)nn2)c1. The van der Waals surface area contributed by atoms with Crippen LogP contribution in [0.3, 0.4) is 0 Å². The molecule has 0 unspecified atom stereocenters. The molecule has 0 spiro atoms. The topological polar surface area (TPSA) is 56.7 Å². The fraction of sp³-hybridized carbons (Fsp3) is 0. The van der Waals surface area contributed by atoms with E-state index in [1.54, 1.807) is 4.68 Å². The van der Waals surface area contributed by atoms with Crippen molar-refractivity contribution in [3.8, 4) is 16.9 Å². The van der Waals surface area contributed by atoms with Gasteiger partial charge in [0, 0.05) is 11.3 Å².